The molecule has 3 amide bonds. The van der Waals surface area contributed by atoms with Crippen molar-refractivity contribution in [3.05, 3.63) is 111 Å². The van der Waals surface area contributed by atoms with Crippen LogP contribution in [-0.4, -0.2) is 84.7 Å². The Morgan fingerprint density at radius 3 is 2.57 bits per heavy atom. The minimum Gasteiger partial charge on any atom is -0.496 e. The average Bonchev–Trinajstić information content (AvgIpc) is 3.52. The summed E-state index contributed by atoms with van der Waals surface area (Å²) in [6.45, 7) is 6.45. The van der Waals surface area contributed by atoms with Gasteiger partial charge in [0.25, 0.3) is 5.91 Å². The molecule has 0 aliphatic carbocycles. The maximum Gasteiger partial charge on any atom is 0.255 e. The van der Waals surface area contributed by atoms with Crippen LogP contribution < -0.4 is 25.6 Å². The van der Waals surface area contributed by atoms with Crippen LogP contribution in [0.4, 0.5) is 5.69 Å². The van der Waals surface area contributed by atoms with Crippen molar-refractivity contribution in [1.82, 2.24) is 25.5 Å². The molecule has 2 saturated heterocycles. The molecule has 2 fully saturated rings. The molecule has 0 saturated carbocycles. The third-order valence-corrected chi connectivity index (χ3v) is 12.7. The first-order valence-electron chi connectivity index (χ1n) is 19.0. The number of piperidine rings is 2. The fraction of sp³-hybridized carbons (Fsp3) is 0.372. The molecule has 3 aliphatic rings. The van der Waals surface area contributed by atoms with Crippen molar-refractivity contribution < 1.29 is 23.7 Å². The van der Waals surface area contributed by atoms with E-state index in [0.29, 0.717) is 60.4 Å². The van der Waals surface area contributed by atoms with Crippen LogP contribution in [0.2, 0.25) is 5.02 Å². The molecule has 2 N–H and O–H groups in total. The van der Waals surface area contributed by atoms with E-state index >= 15 is 0 Å². The van der Waals surface area contributed by atoms with Crippen molar-refractivity contribution >= 4 is 47.5 Å². The number of nitrogens with one attached hydrogen (secondary N) is 2. The monoisotopic (exact) mass is 792 g/mol. The van der Waals surface area contributed by atoms with Crippen LogP contribution in [0.15, 0.2) is 66.9 Å². The summed E-state index contributed by atoms with van der Waals surface area (Å²) in [4.78, 5) is 50.5. The zero-order chi connectivity index (χ0) is 39.4. The van der Waals surface area contributed by atoms with Crippen molar-refractivity contribution in [1.29, 1.82) is 0 Å². The number of rotatable bonds is 11. The van der Waals surface area contributed by atoms with E-state index in [4.69, 9.17) is 21.3 Å². The van der Waals surface area contributed by atoms with Gasteiger partial charge in [0.1, 0.15) is 24.8 Å². The number of carbonyl (C=O) groups excluding carboxylic acids is 3. The van der Waals surface area contributed by atoms with Gasteiger partial charge >= 0.3 is 0 Å². The Kier molecular flexibility index (Phi) is 11.9. The normalized spacial score (nSPS) is 17.4. The zero-order valence-corrected chi connectivity index (χ0v) is 33.6. The zero-order valence-electron chi connectivity index (χ0n) is 31.9. The molecular weight excluding hydrogens is 747 g/mol. The van der Waals surface area contributed by atoms with Gasteiger partial charge in [0.15, 0.2) is 0 Å². The quantitative estimate of drug-likeness (QED) is 0.0896. The number of carbonyl (C=O) groups is 3. The number of imide groups is 1. The third kappa shape index (κ3) is 8.84. The van der Waals surface area contributed by atoms with E-state index in [1.807, 2.05) is 36.4 Å². The first-order valence-corrected chi connectivity index (χ1v) is 22.0. The standard InChI is InChI=1S/C43H46ClN6O5P/c1-55-38-25-32(15-14-29(38)24-40-46-26-35(44)36(47-40)23-30-10-4-5-13-39(30)56(2,3)54)49-21-18-31(19-22-49)45-20-7-6-9-28-11-8-12-33-34(28)27-50(43(33)53)37-16-17-41(51)48-42(37)52/h4-5,8,10-15,25-26,31,37,45H,7,16-24,27H2,1-3H3,(H,48,51,52). The van der Waals surface area contributed by atoms with Crippen LogP contribution >= 0.6 is 18.7 Å². The number of hydrogen-bond donors (Lipinski definition) is 2. The summed E-state index contributed by atoms with van der Waals surface area (Å²) >= 11 is 6.55. The Hall–Kier alpha value is -5.01. The molecule has 7 rings (SSSR count). The van der Waals surface area contributed by atoms with E-state index in [1.165, 1.54) is 0 Å². The SMILES string of the molecule is COc1cc(N2CCC(NCCC#Cc3cccc4c3CN(C3CCC(=O)NC3=O)C4=O)CC2)ccc1Cc1ncc(Cl)c(Cc2ccccc2P(C)(C)=O)n1. The topological polar surface area (TPSA) is 134 Å². The number of methoxy groups -OCH3 is 1. The highest BCUT2D eigenvalue weighted by atomic mass is 35.5. The van der Waals surface area contributed by atoms with E-state index in [9.17, 15) is 18.9 Å². The average molecular weight is 793 g/mol. The molecule has 11 nitrogen and oxygen atoms in total. The Bertz CT molecular complexity index is 2270. The van der Waals surface area contributed by atoms with Crippen LogP contribution in [0.25, 0.3) is 0 Å². The predicted octanol–water partition coefficient (Wildman–Crippen LogP) is 5.33. The van der Waals surface area contributed by atoms with Crippen LogP contribution in [0.5, 0.6) is 5.75 Å². The highest BCUT2D eigenvalue weighted by Crippen LogP contribution is 2.37. The first kappa shape index (κ1) is 39.2. The maximum atomic E-state index is 13.1. The molecule has 1 atom stereocenters. The Morgan fingerprint density at radius 2 is 1.80 bits per heavy atom. The van der Waals surface area contributed by atoms with Crippen molar-refractivity contribution in [3.8, 4) is 17.6 Å². The minimum absolute atomic E-state index is 0.191. The lowest BCUT2D eigenvalue weighted by atomic mass is 10.0. The minimum atomic E-state index is -2.47. The van der Waals surface area contributed by atoms with Crippen molar-refractivity contribution in [2.75, 3.05) is 45.0 Å². The molecule has 3 aliphatic heterocycles. The highest BCUT2D eigenvalue weighted by molar-refractivity contribution is 7.70. The van der Waals surface area contributed by atoms with Crippen LogP contribution in [-0.2, 0) is 33.5 Å². The Balaban J connectivity index is 0.905. The molecule has 56 heavy (non-hydrogen) atoms. The Labute approximate surface area is 332 Å². The lowest BCUT2D eigenvalue weighted by Crippen LogP contribution is -2.52. The largest absolute Gasteiger partial charge is 0.496 e. The summed E-state index contributed by atoms with van der Waals surface area (Å²) in [5.74, 6) is 7.05. The molecule has 3 aromatic carbocycles. The molecule has 0 spiro atoms. The molecule has 4 aromatic rings. The summed E-state index contributed by atoms with van der Waals surface area (Å²) < 4.78 is 18.8. The third-order valence-electron chi connectivity index (χ3n) is 10.8. The van der Waals surface area contributed by atoms with E-state index < -0.39 is 19.1 Å². The van der Waals surface area contributed by atoms with Gasteiger partial charge in [-0.3, -0.25) is 19.7 Å². The number of halogens is 1. The summed E-state index contributed by atoms with van der Waals surface area (Å²) in [6, 6.07) is 19.3. The van der Waals surface area contributed by atoms with Crippen LogP contribution in [0.3, 0.4) is 0 Å². The second-order valence-corrected chi connectivity index (χ2v) is 18.5. The van der Waals surface area contributed by atoms with E-state index in [2.05, 4.69) is 50.6 Å². The number of ether oxygens (including phenoxy) is 1. The number of fused-ring (bicyclic) bond motifs is 1. The number of anilines is 1. The summed E-state index contributed by atoms with van der Waals surface area (Å²) in [5, 5.41) is 7.34. The van der Waals surface area contributed by atoms with Gasteiger partial charge < -0.3 is 24.4 Å². The van der Waals surface area contributed by atoms with E-state index in [0.717, 1.165) is 71.5 Å². The number of nitrogens with zero attached hydrogens (tertiary/aromatic N) is 4. The van der Waals surface area contributed by atoms with Crippen molar-refractivity contribution in [2.24, 2.45) is 0 Å². The molecule has 1 aromatic heterocycles. The fourth-order valence-corrected chi connectivity index (χ4v) is 9.25. The van der Waals surface area contributed by atoms with Crippen LogP contribution in [0.1, 0.15) is 76.2 Å². The molecular formula is C43H46ClN6O5P. The fourth-order valence-electron chi connectivity index (χ4n) is 7.81. The van der Waals surface area contributed by atoms with E-state index in [1.54, 1.807) is 37.6 Å². The van der Waals surface area contributed by atoms with Crippen molar-refractivity contribution in [2.45, 2.75) is 63.6 Å². The van der Waals surface area contributed by atoms with E-state index in [-0.39, 0.29) is 18.2 Å². The predicted molar refractivity (Wildman–Crippen MR) is 218 cm³/mol. The summed E-state index contributed by atoms with van der Waals surface area (Å²) in [7, 11) is -0.791. The van der Waals surface area contributed by atoms with Gasteiger partial charge in [-0.25, -0.2) is 9.97 Å². The molecule has 0 bridgehead atoms. The number of aromatic nitrogens is 2. The second-order valence-electron chi connectivity index (χ2n) is 14.9. The van der Waals surface area contributed by atoms with Gasteiger partial charge in [-0.15, -0.1) is 0 Å². The lowest BCUT2D eigenvalue weighted by molar-refractivity contribution is -0.136. The lowest BCUT2D eigenvalue weighted by Gasteiger charge is -2.34. The summed E-state index contributed by atoms with van der Waals surface area (Å²) in [5.41, 5.74) is 5.96. The van der Waals surface area contributed by atoms with Gasteiger partial charge in [0.05, 0.1) is 17.8 Å². The van der Waals surface area contributed by atoms with Gasteiger partial charge in [-0.2, -0.15) is 0 Å². The van der Waals surface area contributed by atoms with Crippen LogP contribution in [0, 0.1) is 11.8 Å². The number of amides is 3. The molecule has 4 heterocycles. The van der Waals surface area contributed by atoms with Gasteiger partial charge in [0.2, 0.25) is 11.8 Å². The summed E-state index contributed by atoms with van der Waals surface area (Å²) in [6.07, 6.45) is 5.82. The smallest absolute Gasteiger partial charge is 0.255 e. The van der Waals surface area contributed by atoms with Crippen molar-refractivity contribution in [3.63, 3.8) is 0 Å². The van der Waals surface area contributed by atoms with Gasteiger partial charge in [-0.05, 0) is 61.9 Å². The first-order chi connectivity index (χ1) is 27.0. The highest BCUT2D eigenvalue weighted by Gasteiger charge is 2.39. The Morgan fingerprint density at radius 1 is 1.00 bits per heavy atom. The molecule has 1 unspecified atom stereocenters. The maximum absolute atomic E-state index is 13.1. The van der Waals surface area contributed by atoms with Gasteiger partial charge in [-0.1, -0.05) is 59.8 Å². The number of hydrogen-bond acceptors (Lipinski definition) is 9. The number of benzene rings is 3. The molecule has 0 radical (unpaired) electrons. The second kappa shape index (κ2) is 17.0. The molecule has 290 valence electrons. The molecule has 13 heteroatoms. The van der Waals surface area contributed by atoms with Gasteiger partial charge in [0, 0.05) is 97.8 Å².